The molecule has 0 spiro atoms. The van der Waals surface area contributed by atoms with Crippen molar-refractivity contribution in [1.29, 1.82) is 0 Å². The number of esters is 1. The number of fused-ring (bicyclic) bond motifs is 2. The number of likely N-dealkylation sites (tertiary alicyclic amines) is 1. The van der Waals surface area contributed by atoms with Crippen molar-refractivity contribution < 1.29 is 32.3 Å². The largest absolute Gasteiger partial charge is 0.459 e. The van der Waals surface area contributed by atoms with Crippen LogP contribution < -0.4 is 10.2 Å². The minimum absolute atomic E-state index is 0.0265. The smallest absolute Gasteiger partial charge is 0.416 e. The molecule has 2 heterocycles. The van der Waals surface area contributed by atoms with Crippen molar-refractivity contribution in [2.24, 2.45) is 11.8 Å². The summed E-state index contributed by atoms with van der Waals surface area (Å²) in [5.74, 6) is -0.768. The van der Waals surface area contributed by atoms with E-state index in [1.807, 2.05) is 0 Å². The van der Waals surface area contributed by atoms with Gasteiger partial charge < -0.3 is 15.0 Å². The third-order valence-electron chi connectivity index (χ3n) is 6.72. The molecule has 2 unspecified atom stereocenters. The fourth-order valence-corrected chi connectivity index (χ4v) is 4.96. The first-order valence-electron chi connectivity index (χ1n) is 11.5. The molecule has 2 aliphatic heterocycles. The van der Waals surface area contributed by atoms with Crippen molar-refractivity contribution in [3.05, 3.63) is 29.3 Å². The summed E-state index contributed by atoms with van der Waals surface area (Å²) >= 11 is 0. The average Bonchev–Trinajstić information content (AvgIpc) is 3.47. The summed E-state index contributed by atoms with van der Waals surface area (Å²) in [6.07, 6.45) is -2.83. The Morgan fingerprint density at radius 1 is 1.12 bits per heavy atom. The number of anilines is 1. The normalized spacial score (nSPS) is 27.1. The summed E-state index contributed by atoms with van der Waals surface area (Å²) in [7, 11) is 1.70. The van der Waals surface area contributed by atoms with Crippen LogP contribution in [0.3, 0.4) is 0 Å². The number of amides is 2. The SMILES string of the molecule is CN[C@H]1CC2CC2CN([C@H]2Cc3ccc(C(F)(F)F)cc3N(CC(=O)OC(C)(C)C)C2=O)C1=O. The fourth-order valence-electron chi connectivity index (χ4n) is 4.96. The lowest BCUT2D eigenvalue weighted by molar-refractivity contribution is -0.154. The minimum atomic E-state index is -4.60. The number of rotatable bonds is 4. The lowest BCUT2D eigenvalue weighted by Gasteiger charge is -2.40. The molecule has 4 rings (SSSR count). The number of nitrogens with one attached hydrogen (secondary N) is 1. The van der Waals surface area contributed by atoms with E-state index < -0.39 is 47.8 Å². The van der Waals surface area contributed by atoms with Crippen LogP contribution in [0.4, 0.5) is 18.9 Å². The molecule has 2 amide bonds. The summed E-state index contributed by atoms with van der Waals surface area (Å²) in [6.45, 7) is 4.89. The highest BCUT2D eigenvalue weighted by molar-refractivity contribution is 6.05. The highest BCUT2D eigenvalue weighted by Crippen LogP contribution is 2.46. The molecule has 1 saturated heterocycles. The van der Waals surface area contributed by atoms with Gasteiger partial charge in [-0.05, 0) is 70.2 Å². The number of ether oxygens (including phenoxy) is 1. The van der Waals surface area contributed by atoms with Gasteiger partial charge in [0, 0.05) is 18.7 Å². The van der Waals surface area contributed by atoms with E-state index in [0.29, 0.717) is 30.4 Å². The molecule has 7 nitrogen and oxygen atoms in total. The van der Waals surface area contributed by atoms with E-state index in [1.165, 1.54) is 6.07 Å². The topological polar surface area (TPSA) is 79.0 Å². The third kappa shape index (κ3) is 4.92. The van der Waals surface area contributed by atoms with Crippen molar-refractivity contribution >= 4 is 23.5 Å². The molecule has 0 aromatic heterocycles. The summed E-state index contributed by atoms with van der Waals surface area (Å²) in [5, 5.41) is 3.03. The summed E-state index contributed by atoms with van der Waals surface area (Å²) in [4.78, 5) is 42.1. The van der Waals surface area contributed by atoms with E-state index in [2.05, 4.69) is 5.32 Å². The second kappa shape index (κ2) is 8.55. The van der Waals surface area contributed by atoms with Gasteiger partial charge in [-0.25, -0.2) is 0 Å². The number of carbonyl (C=O) groups is 3. The quantitative estimate of drug-likeness (QED) is 0.670. The van der Waals surface area contributed by atoms with Gasteiger partial charge in [0.25, 0.3) is 5.91 Å². The van der Waals surface area contributed by atoms with Crippen molar-refractivity contribution in [3.63, 3.8) is 0 Å². The Kier molecular flexibility index (Phi) is 6.16. The second-order valence-electron chi connectivity index (χ2n) is 10.4. The molecular weight excluding hydrogens is 451 g/mol. The highest BCUT2D eigenvalue weighted by Gasteiger charge is 2.50. The van der Waals surface area contributed by atoms with Crippen molar-refractivity contribution in [2.45, 2.75) is 63.9 Å². The maximum absolute atomic E-state index is 13.6. The maximum Gasteiger partial charge on any atom is 0.416 e. The number of carbonyl (C=O) groups excluding carboxylic acids is 3. The molecule has 1 aromatic carbocycles. The van der Waals surface area contributed by atoms with Crippen LogP contribution in [-0.4, -0.2) is 60.5 Å². The number of halogens is 3. The Bertz CT molecular complexity index is 1000. The molecular formula is C24H30F3N3O4. The van der Waals surface area contributed by atoms with Crippen molar-refractivity contribution in [3.8, 4) is 0 Å². The first-order valence-corrected chi connectivity index (χ1v) is 11.5. The number of hydrogen-bond donors (Lipinski definition) is 1. The van der Waals surface area contributed by atoms with Gasteiger partial charge in [-0.2, -0.15) is 13.2 Å². The van der Waals surface area contributed by atoms with Crippen LogP contribution in [-0.2, 0) is 31.7 Å². The molecule has 1 N–H and O–H groups in total. The molecule has 2 fully saturated rings. The van der Waals surface area contributed by atoms with E-state index in [4.69, 9.17) is 4.74 Å². The number of hydrogen-bond acceptors (Lipinski definition) is 5. The van der Waals surface area contributed by atoms with Gasteiger partial charge in [0.05, 0.1) is 11.6 Å². The third-order valence-corrected chi connectivity index (χ3v) is 6.72. The lowest BCUT2D eigenvalue weighted by Crippen LogP contribution is -2.59. The van der Waals surface area contributed by atoms with Crippen LogP contribution in [0.25, 0.3) is 0 Å². The van der Waals surface area contributed by atoms with Crippen LogP contribution >= 0.6 is 0 Å². The van der Waals surface area contributed by atoms with E-state index >= 15 is 0 Å². The zero-order valence-electron chi connectivity index (χ0n) is 19.7. The van der Waals surface area contributed by atoms with Gasteiger partial charge in [0.2, 0.25) is 5.91 Å². The first kappa shape index (κ1) is 24.5. The molecule has 0 radical (unpaired) electrons. The molecule has 0 bridgehead atoms. The highest BCUT2D eigenvalue weighted by atomic mass is 19.4. The average molecular weight is 482 g/mol. The molecule has 34 heavy (non-hydrogen) atoms. The Morgan fingerprint density at radius 3 is 2.44 bits per heavy atom. The lowest BCUT2D eigenvalue weighted by atomic mass is 9.93. The second-order valence-corrected chi connectivity index (χ2v) is 10.4. The predicted molar refractivity (Wildman–Crippen MR) is 118 cm³/mol. The van der Waals surface area contributed by atoms with E-state index in [9.17, 15) is 27.6 Å². The van der Waals surface area contributed by atoms with Crippen LogP contribution in [0, 0.1) is 11.8 Å². The molecule has 3 aliphatic rings. The number of nitrogens with zero attached hydrogens (tertiary/aromatic N) is 2. The van der Waals surface area contributed by atoms with Crippen LogP contribution in [0.15, 0.2) is 18.2 Å². The van der Waals surface area contributed by atoms with E-state index in [-0.39, 0.29) is 18.0 Å². The van der Waals surface area contributed by atoms with Crippen molar-refractivity contribution in [2.75, 3.05) is 25.0 Å². The van der Waals surface area contributed by atoms with Crippen LogP contribution in [0.5, 0.6) is 0 Å². The minimum Gasteiger partial charge on any atom is -0.459 e. The van der Waals surface area contributed by atoms with Gasteiger partial charge >= 0.3 is 12.1 Å². The zero-order valence-corrected chi connectivity index (χ0v) is 19.7. The van der Waals surface area contributed by atoms with E-state index in [0.717, 1.165) is 23.5 Å². The Labute approximate surface area is 196 Å². The van der Waals surface area contributed by atoms with Gasteiger partial charge in [0.1, 0.15) is 18.2 Å². The number of likely N-dealkylation sites (N-methyl/N-ethyl adjacent to an activating group) is 1. The molecule has 186 valence electrons. The summed E-state index contributed by atoms with van der Waals surface area (Å²) in [6, 6.07) is 1.88. The molecule has 10 heteroatoms. The van der Waals surface area contributed by atoms with Crippen LogP contribution in [0.1, 0.15) is 44.7 Å². The maximum atomic E-state index is 13.6. The summed E-state index contributed by atoms with van der Waals surface area (Å²) in [5.41, 5.74) is -1.23. The number of alkyl halides is 3. The Hall–Kier alpha value is -2.62. The first-order chi connectivity index (χ1) is 15.8. The number of benzene rings is 1. The predicted octanol–water partition coefficient (Wildman–Crippen LogP) is 2.76. The van der Waals surface area contributed by atoms with Gasteiger partial charge in [-0.1, -0.05) is 6.07 Å². The Balaban J connectivity index is 1.70. The Morgan fingerprint density at radius 2 is 1.82 bits per heavy atom. The van der Waals surface area contributed by atoms with Crippen molar-refractivity contribution in [1.82, 2.24) is 10.2 Å². The van der Waals surface area contributed by atoms with Gasteiger partial charge in [-0.15, -0.1) is 0 Å². The monoisotopic (exact) mass is 481 g/mol. The standard InChI is InChI=1S/C24H30F3N3O4/c1-23(2,3)34-20(31)12-30-18-10-16(24(25,26)27)6-5-13(18)9-19(22(30)33)29-11-15-7-14(15)8-17(28-4)21(29)32/h5-6,10,14-15,17,19,28H,7-9,11-12H2,1-4H3/t14?,15?,17-,19-/m0/s1. The molecule has 1 saturated carbocycles. The fraction of sp³-hybridized carbons (Fsp3) is 0.625. The van der Waals surface area contributed by atoms with Gasteiger partial charge in [-0.3, -0.25) is 19.3 Å². The molecule has 1 aromatic rings. The molecule has 1 aliphatic carbocycles. The van der Waals surface area contributed by atoms with E-state index in [1.54, 1.807) is 32.7 Å². The zero-order chi connectivity index (χ0) is 25.0. The molecule has 4 atom stereocenters. The van der Waals surface area contributed by atoms with Gasteiger partial charge in [0.15, 0.2) is 0 Å². The van der Waals surface area contributed by atoms with Crippen LogP contribution in [0.2, 0.25) is 0 Å². The summed E-state index contributed by atoms with van der Waals surface area (Å²) < 4.78 is 45.6.